The van der Waals surface area contributed by atoms with E-state index in [0.717, 1.165) is 5.71 Å². The Hall–Kier alpha value is -2.88. The molecule has 0 aromatic carbocycles. The van der Waals surface area contributed by atoms with Gasteiger partial charge in [-0.3, -0.25) is 9.79 Å². The van der Waals surface area contributed by atoms with Crippen molar-refractivity contribution < 1.29 is 23.1 Å². The van der Waals surface area contributed by atoms with E-state index in [4.69, 9.17) is 4.99 Å². The Kier molecular flexibility index (Phi) is 6.97. The normalized spacial score (nSPS) is 22.2. The molecule has 1 aliphatic carbocycles. The lowest BCUT2D eigenvalue weighted by Crippen LogP contribution is -2.32. The minimum atomic E-state index is -2.65. The number of hydrogen-bond donors (Lipinski definition) is 4. The van der Waals surface area contributed by atoms with Gasteiger partial charge in [0.25, 0.3) is 0 Å². The predicted octanol–water partition coefficient (Wildman–Crippen LogP) is 4.53. The van der Waals surface area contributed by atoms with Crippen LogP contribution in [0.3, 0.4) is 0 Å². The SMILES string of the molecule is CC(CCO)N=C1CC(C)Nc2[nH]cc(C(=O)c3ccc(NC4CCC(F)(F)CC4)nc3F)c21. The van der Waals surface area contributed by atoms with Crippen LogP contribution in [0.5, 0.6) is 0 Å². The summed E-state index contributed by atoms with van der Waals surface area (Å²) >= 11 is 0. The summed E-state index contributed by atoms with van der Waals surface area (Å²) in [7, 11) is 0. The molecule has 3 heterocycles. The lowest BCUT2D eigenvalue weighted by molar-refractivity contribution is -0.0361. The number of anilines is 2. The van der Waals surface area contributed by atoms with E-state index in [1.165, 1.54) is 18.3 Å². The summed E-state index contributed by atoms with van der Waals surface area (Å²) in [6, 6.07) is 2.63. The van der Waals surface area contributed by atoms with Gasteiger partial charge in [-0.2, -0.15) is 4.39 Å². The number of aromatic nitrogens is 2. The number of aliphatic imine (C=N–C) groups is 1. The van der Waals surface area contributed by atoms with Crippen LogP contribution in [-0.2, 0) is 0 Å². The first-order valence-electron chi connectivity index (χ1n) is 11.7. The topological polar surface area (TPSA) is 102 Å². The van der Waals surface area contributed by atoms with E-state index >= 15 is 0 Å². The zero-order chi connectivity index (χ0) is 24.5. The highest BCUT2D eigenvalue weighted by atomic mass is 19.3. The molecule has 0 bridgehead atoms. The smallest absolute Gasteiger partial charge is 0.248 e. The number of hydrogen-bond acceptors (Lipinski definition) is 6. The number of rotatable bonds is 7. The second-order valence-corrected chi connectivity index (χ2v) is 9.28. The molecule has 0 radical (unpaired) electrons. The highest BCUT2D eigenvalue weighted by molar-refractivity contribution is 6.19. The number of H-pyrrole nitrogens is 1. The number of halogens is 3. The van der Waals surface area contributed by atoms with Crippen molar-refractivity contribution in [1.82, 2.24) is 9.97 Å². The van der Waals surface area contributed by atoms with Crippen molar-refractivity contribution in [1.29, 1.82) is 0 Å². The number of aromatic amines is 1. The maximum absolute atomic E-state index is 14.9. The first-order valence-corrected chi connectivity index (χ1v) is 11.7. The van der Waals surface area contributed by atoms with Crippen LogP contribution in [-0.4, -0.2) is 57.2 Å². The minimum Gasteiger partial charge on any atom is -0.396 e. The fourth-order valence-electron chi connectivity index (χ4n) is 4.56. The van der Waals surface area contributed by atoms with Crippen LogP contribution >= 0.6 is 0 Å². The summed E-state index contributed by atoms with van der Waals surface area (Å²) in [4.78, 5) is 24.9. The van der Waals surface area contributed by atoms with Gasteiger partial charge in [-0.25, -0.2) is 13.8 Å². The van der Waals surface area contributed by atoms with E-state index in [9.17, 15) is 23.1 Å². The molecule has 1 fully saturated rings. The van der Waals surface area contributed by atoms with Gasteiger partial charge in [-0.1, -0.05) is 0 Å². The molecule has 0 amide bonds. The van der Waals surface area contributed by atoms with Crippen LogP contribution in [0, 0.1) is 5.95 Å². The molecule has 10 heteroatoms. The minimum absolute atomic E-state index is 0.0120. The molecular weight excluding hydrogens is 447 g/mol. The van der Waals surface area contributed by atoms with Gasteiger partial charge in [0.2, 0.25) is 11.9 Å². The average Bonchev–Trinajstić information content (AvgIpc) is 3.19. The van der Waals surface area contributed by atoms with E-state index in [1.54, 1.807) is 0 Å². The maximum Gasteiger partial charge on any atom is 0.248 e. The van der Waals surface area contributed by atoms with Crippen LogP contribution in [0.25, 0.3) is 0 Å². The number of ketones is 1. The van der Waals surface area contributed by atoms with E-state index in [-0.39, 0.29) is 61.8 Å². The zero-order valence-electron chi connectivity index (χ0n) is 19.3. The summed E-state index contributed by atoms with van der Waals surface area (Å²) in [5, 5.41) is 15.5. The number of aliphatic hydroxyl groups excluding tert-OH is 1. The van der Waals surface area contributed by atoms with Gasteiger partial charge in [0.15, 0.2) is 5.78 Å². The Balaban J connectivity index is 1.56. The second-order valence-electron chi connectivity index (χ2n) is 9.28. The van der Waals surface area contributed by atoms with Gasteiger partial charge >= 0.3 is 0 Å². The van der Waals surface area contributed by atoms with Crippen LogP contribution < -0.4 is 10.6 Å². The summed E-state index contributed by atoms with van der Waals surface area (Å²) in [5.74, 6) is -3.22. The third-order valence-electron chi connectivity index (χ3n) is 6.39. The van der Waals surface area contributed by atoms with Crippen molar-refractivity contribution in [2.24, 2.45) is 4.99 Å². The highest BCUT2D eigenvalue weighted by Gasteiger charge is 2.35. The number of fused-ring (bicyclic) bond motifs is 1. The summed E-state index contributed by atoms with van der Waals surface area (Å²) in [6.45, 7) is 3.91. The molecule has 0 spiro atoms. The van der Waals surface area contributed by atoms with Gasteiger partial charge in [0.1, 0.15) is 11.6 Å². The monoisotopic (exact) mass is 477 g/mol. The zero-order valence-corrected chi connectivity index (χ0v) is 19.3. The van der Waals surface area contributed by atoms with E-state index in [0.29, 0.717) is 29.8 Å². The van der Waals surface area contributed by atoms with Crippen LogP contribution in [0.1, 0.15) is 73.9 Å². The second kappa shape index (κ2) is 9.77. The number of pyridine rings is 1. The summed E-state index contributed by atoms with van der Waals surface area (Å²) in [5.41, 5.74) is 1.45. The van der Waals surface area contributed by atoms with Crippen molar-refractivity contribution >= 4 is 23.1 Å². The molecule has 1 saturated carbocycles. The van der Waals surface area contributed by atoms with Gasteiger partial charge in [-0.05, 0) is 45.2 Å². The van der Waals surface area contributed by atoms with E-state index in [2.05, 4.69) is 20.6 Å². The fourth-order valence-corrected chi connectivity index (χ4v) is 4.56. The largest absolute Gasteiger partial charge is 0.396 e. The van der Waals surface area contributed by atoms with Crippen molar-refractivity contribution in [2.45, 2.75) is 76.4 Å². The maximum atomic E-state index is 14.9. The molecule has 2 aliphatic rings. The number of carbonyl (C=O) groups is 1. The molecule has 1 aliphatic heterocycles. The van der Waals surface area contributed by atoms with Crippen molar-refractivity contribution in [2.75, 3.05) is 17.2 Å². The first-order chi connectivity index (χ1) is 16.2. The summed E-state index contributed by atoms with van der Waals surface area (Å²) < 4.78 is 41.6. The van der Waals surface area contributed by atoms with Gasteiger partial charge in [-0.15, -0.1) is 0 Å². The molecule has 7 nitrogen and oxygen atoms in total. The third-order valence-corrected chi connectivity index (χ3v) is 6.39. The molecule has 0 saturated heterocycles. The van der Waals surface area contributed by atoms with E-state index < -0.39 is 17.7 Å². The predicted molar refractivity (Wildman–Crippen MR) is 125 cm³/mol. The standard InChI is InChI=1S/C24H30F3N5O2/c1-13(7-10-33)29-18-11-14(2)30-23-20(18)17(12-28-23)21(34)16-3-4-19(32-22(16)25)31-15-5-8-24(26,27)9-6-15/h3-4,12-15,28,30,33H,5-11H2,1-2H3,(H,31,32). The van der Waals surface area contributed by atoms with Gasteiger partial charge < -0.3 is 20.7 Å². The lowest BCUT2D eigenvalue weighted by atomic mass is 9.92. The molecular formula is C24H30F3N5O2. The lowest BCUT2D eigenvalue weighted by Gasteiger charge is -2.29. The van der Waals surface area contributed by atoms with E-state index in [1.807, 2.05) is 13.8 Å². The quantitative estimate of drug-likeness (QED) is 0.347. The highest BCUT2D eigenvalue weighted by Crippen LogP contribution is 2.34. The third kappa shape index (κ3) is 5.27. The first kappa shape index (κ1) is 24.3. The molecule has 184 valence electrons. The number of alkyl halides is 2. The van der Waals surface area contributed by atoms with Crippen LogP contribution in [0.15, 0.2) is 23.3 Å². The Bertz CT molecular complexity index is 1070. The number of carbonyl (C=O) groups excluding carboxylic acids is 1. The van der Waals surface area contributed by atoms with Crippen molar-refractivity contribution in [3.05, 3.63) is 41.0 Å². The van der Waals surface area contributed by atoms with Crippen molar-refractivity contribution in [3.8, 4) is 0 Å². The number of aliphatic hydroxyl groups is 1. The Morgan fingerprint density at radius 2 is 2.06 bits per heavy atom. The Morgan fingerprint density at radius 1 is 1.32 bits per heavy atom. The molecule has 2 aromatic heterocycles. The average molecular weight is 478 g/mol. The molecule has 2 atom stereocenters. The molecule has 34 heavy (non-hydrogen) atoms. The molecule has 4 N–H and O–H groups in total. The summed E-state index contributed by atoms with van der Waals surface area (Å²) in [6.07, 6.45) is 2.75. The van der Waals surface area contributed by atoms with Gasteiger partial charge in [0, 0.05) is 61.5 Å². The number of nitrogens with one attached hydrogen (secondary N) is 3. The van der Waals surface area contributed by atoms with Crippen LogP contribution in [0.4, 0.5) is 24.8 Å². The molecule has 2 unspecified atom stereocenters. The molecule has 4 rings (SSSR count). The Morgan fingerprint density at radius 3 is 2.74 bits per heavy atom. The van der Waals surface area contributed by atoms with Crippen molar-refractivity contribution in [3.63, 3.8) is 0 Å². The van der Waals surface area contributed by atoms with Crippen LogP contribution in [0.2, 0.25) is 0 Å². The molecule has 2 aromatic rings. The fraction of sp³-hybridized carbons (Fsp3) is 0.542. The number of nitrogens with zero attached hydrogens (tertiary/aromatic N) is 2. The van der Waals surface area contributed by atoms with Gasteiger partial charge in [0.05, 0.1) is 11.1 Å². The Labute approximate surface area is 196 Å².